The van der Waals surface area contributed by atoms with Gasteiger partial charge in [-0.2, -0.15) is 5.10 Å². The van der Waals surface area contributed by atoms with Crippen LogP contribution >= 0.6 is 0 Å². The zero-order valence-corrected chi connectivity index (χ0v) is 15.9. The van der Waals surface area contributed by atoms with Gasteiger partial charge in [-0.3, -0.25) is 14.5 Å². The molecular weight excluding hydrogens is 322 g/mol. The highest BCUT2D eigenvalue weighted by Gasteiger charge is 2.26. The molecule has 0 aliphatic carbocycles. The molecule has 0 N–H and O–H groups in total. The summed E-state index contributed by atoms with van der Waals surface area (Å²) in [5, 5.41) is 4.31. The lowest BCUT2D eigenvalue weighted by Gasteiger charge is -2.42. The predicted molar refractivity (Wildman–Crippen MR) is 105 cm³/mol. The van der Waals surface area contributed by atoms with Crippen LogP contribution < -0.4 is 0 Å². The molecule has 26 heavy (non-hydrogen) atoms. The summed E-state index contributed by atoms with van der Waals surface area (Å²) < 4.78 is 1.99. The molecular formula is C21H31N5. The molecule has 1 aromatic heterocycles. The molecule has 2 saturated heterocycles. The maximum absolute atomic E-state index is 4.31. The first-order valence-electron chi connectivity index (χ1n) is 9.96. The zero-order chi connectivity index (χ0) is 17.8. The van der Waals surface area contributed by atoms with Crippen LogP contribution in [0.25, 0.3) is 0 Å². The van der Waals surface area contributed by atoms with E-state index in [9.17, 15) is 0 Å². The van der Waals surface area contributed by atoms with Crippen LogP contribution in [-0.2, 0) is 13.1 Å². The minimum absolute atomic E-state index is 0.811. The number of likely N-dealkylation sites (tertiary alicyclic amines) is 1. The number of piperidine rings is 1. The molecule has 0 bridgehead atoms. The third kappa shape index (κ3) is 4.53. The number of nitrogens with zero attached hydrogens (tertiary/aromatic N) is 5. The van der Waals surface area contributed by atoms with E-state index in [0.717, 1.165) is 19.1 Å². The SMILES string of the molecule is CN1CCC(N2CCN(Cc3cccc(Cn4cccn4)c3)CC2)CC1. The van der Waals surface area contributed by atoms with Crippen LogP contribution in [-0.4, -0.2) is 76.8 Å². The Balaban J connectivity index is 1.28. The fourth-order valence-electron chi connectivity index (χ4n) is 4.31. The average Bonchev–Trinajstić information content (AvgIpc) is 3.16. The molecule has 0 radical (unpaired) electrons. The molecule has 0 spiro atoms. The van der Waals surface area contributed by atoms with Gasteiger partial charge < -0.3 is 4.90 Å². The van der Waals surface area contributed by atoms with E-state index in [4.69, 9.17) is 0 Å². The van der Waals surface area contributed by atoms with Gasteiger partial charge in [0.05, 0.1) is 6.54 Å². The third-order valence-corrected chi connectivity index (χ3v) is 5.91. The minimum atomic E-state index is 0.811. The smallest absolute Gasteiger partial charge is 0.0659 e. The number of hydrogen-bond acceptors (Lipinski definition) is 4. The van der Waals surface area contributed by atoms with Crippen LogP contribution in [0.5, 0.6) is 0 Å². The maximum Gasteiger partial charge on any atom is 0.0659 e. The fourth-order valence-corrected chi connectivity index (χ4v) is 4.31. The molecule has 2 aliphatic heterocycles. The molecule has 2 aromatic rings. The van der Waals surface area contributed by atoms with Crippen LogP contribution in [0.2, 0.25) is 0 Å². The molecule has 0 saturated carbocycles. The first-order chi connectivity index (χ1) is 12.8. The van der Waals surface area contributed by atoms with Crippen molar-refractivity contribution >= 4 is 0 Å². The fraction of sp³-hybridized carbons (Fsp3) is 0.571. The summed E-state index contributed by atoms with van der Waals surface area (Å²) in [6.07, 6.45) is 6.54. The summed E-state index contributed by atoms with van der Waals surface area (Å²) in [5.41, 5.74) is 2.75. The van der Waals surface area contributed by atoms with Crippen molar-refractivity contribution in [3.05, 3.63) is 53.9 Å². The minimum Gasteiger partial charge on any atom is -0.306 e. The first kappa shape index (κ1) is 17.7. The Morgan fingerprint density at radius 2 is 1.65 bits per heavy atom. The van der Waals surface area contributed by atoms with Crippen molar-refractivity contribution in [2.24, 2.45) is 0 Å². The molecule has 0 amide bonds. The summed E-state index contributed by atoms with van der Waals surface area (Å²) in [5.74, 6) is 0. The predicted octanol–water partition coefficient (Wildman–Crippen LogP) is 2.14. The van der Waals surface area contributed by atoms with Crippen LogP contribution in [0.3, 0.4) is 0 Å². The van der Waals surface area contributed by atoms with E-state index >= 15 is 0 Å². The summed E-state index contributed by atoms with van der Waals surface area (Å²) in [6, 6.07) is 11.8. The van der Waals surface area contributed by atoms with E-state index in [2.05, 4.69) is 51.1 Å². The summed E-state index contributed by atoms with van der Waals surface area (Å²) in [6.45, 7) is 9.26. The van der Waals surface area contributed by atoms with Gasteiger partial charge in [0.15, 0.2) is 0 Å². The Kier molecular flexibility index (Phi) is 5.68. The van der Waals surface area contributed by atoms with Gasteiger partial charge in [-0.15, -0.1) is 0 Å². The highest BCUT2D eigenvalue weighted by molar-refractivity contribution is 5.23. The number of piperazine rings is 1. The van der Waals surface area contributed by atoms with Gasteiger partial charge in [-0.1, -0.05) is 24.3 Å². The molecule has 2 aliphatic rings. The Labute approximate surface area is 157 Å². The second-order valence-electron chi connectivity index (χ2n) is 7.87. The molecule has 3 heterocycles. The van der Waals surface area contributed by atoms with E-state index in [-0.39, 0.29) is 0 Å². The molecule has 2 fully saturated rings. The monoisotopic (exact) mass is 353 g/mol. The van der Waals surface area contributed by atoms with Crippen LogP contribution in [0.15, 0.2) is 42.7 Å². The van der Waals surface area contributed by atoms with Gasteiger partial charge >= 0.3 is 0 Å². The van der Waals surface area contributed by atoms with Crippen molar-refractivity contribution in [3.63, 3.8) is 0 Å². The lowest BCUT2D eigenvalue weighted by Crippen LogP contribution is -2.52. The van der Waals surface area contributed by atoms with Gasteiger partial charge in [-0.05, 0) is 50.2 Å². The van der Waals surface area contributed by atoms with E-state index in [1.54, 1.807) is 0 Å². The van der Waals surface area contributed by atoms with Gasteiger partial charge in [-0.25, -0.2) is 0 Å². The van der Waals surface area contributed by atoms with Gasteiger partial charge in [0, 0.05) is 51.2 Å². The van der Waals surface area contributed by atoms with Crippen molar-refractivity contribution in [2.75, 3.05) is 46.3 Å². The molecule has 5 heteroatoms. The summed E-state index contributed by atoms with van der Waals surface area (Å²) >= 11 is 0. The largest absolute Gasteiger partial charge is 0.306 e. The Morgan fingerprint density at radius 1 is 0.923 bits per heavy atom. The van der Waals surface area contributed by atoms with E-state index in [1.807, 2.05) is 23.1 Å². The Morgan fingerprint density at radius 3 is 2.35 bits per heavy atom. The molecule has 0 unspecified atom stereocenters. The Hall–Kier alpha value is -1.69. The normalized spacial score (nSPS) is 21.3. The first-order valence-corrected chi connectivity index (χ1v) is 9.96. The van der Waals surface area contributed by atoms with Gasteiger partial charge in [0.1, 0.15) is 0 Å². The van der Waals surface area contributed by atoms with E-state index in [1.165, 1.54) is 63.2 Å². The summed E-state index contributed by atoms with van der Waals surface area (Å²) in [4.78, 5) is 7.80. The number of benzene rings is 1. The number of aromatic nitrogens is 2. The third-order valence-electron chi connectivity index (χ3n) is 5.91. The highest BCUT2D eigenvalue weighted by atomic mass is 15.3. The van der Waals surface area contributed by atoms with Crippen molar-refractivity contribution in [3.8, 4) is 0 Å². The molecule has 1 aromatic carbocycles. The van der Waals surface area contributed by atoms with Crippen molar-refractivity contribution < 1.29 is 0 Å². The molecule has 140 valence electrons. The van der Waals surface area contributed by atoms with Crippen molar-refractivity contribution in [2.45, 2.75) is 32.0 Å². The number of hydrogen-bond donors (Lipinski definition) is 0. The molecule has 5 nitrogen and oxygen atoms in total. The maximum atomic E-state index is 4.31. The quantitative estimate of drug-likeness (QED) is 0.823. The van der Waals surface area contributed by atoms with Crippen LogP contribution in [0.4, 0.5) is 0 Å². The second-order valence-corrected chi connectivity index (χ2v) is 7.87. The van der Waals surface area contributed by atoms with Gasteiger partial charge in [0.2, 0.25) is 0 Å². The standard InChI is InChI=1S/C21H31N5/c1-23-10-6-21(7-11-23)25-14-12-24(13-15-25)17-19-4-2-5-20(16-19)18-26-9-3-8-22-26/h2-5,8-9,16,21H,6-7,10-15,17-18H2,1H3. The van der Waals surface area contributed by atoms with Crippen LogP contribution in [0.1, 0.15) is 24.0 Å². The van der Waals surface area contributed by atoms with Crippen LogP contribution in [0, 0.1) is 0 Å². The summed E-state index contributed by atoms with van der Waals surface area (Å²) in [7, 11) is 2.24. The lowest BCUT2D eigenvalue weighted by molar-refractivity contribution is 0.0618. The van der Waals surface area contributed by atoms with E-state index < -0.39 is 0 Å². The number of rotatable bonds is 5. The van der Waals surface area contributed by atoms with Crippen molar-refractivity contribution in [1.29, 1.82) is 0 Å². The van der Waals surface area contributed by atoms with E-state index in [0.29, 0.717) is 0 Å². The lowest BCUT2D eigenvalue weighted by atomic mass is 10.0. The molecule has 0 atom stereocenters. The van der Waals surface area contributed by atoms with Crippen molar-refractivity contribution in [1.82, 2.24) is 24.5 Å². The Bertz CT molecular complexity index is 667. The molecule has 4 rings (SSSR count). The van der Waals surface area contributed by atoms with Gasteiger partial charge in [0.25, 0.3) is 0 Å². The topological polar surface area (TPSA) is 27.5 Å². The second kappa shape index (κ2) is 8.33. The zero-order valence-electron chi connectivity index (χ0n) is 15.9. The highest BCUT2D eigenvalue weighted by Crippen LogP contribution is 2.18. The average molecular weight is 354 g/mol.